The normalized spacial score (nSPS) is 14.1. The molecule has 1 saturated heterocycles. The second-order valence-corrected chi connectivity index (χ2v) is 8.30. The Hall–Kier alpha value is -3.46. The van der Waals surface area contributed by atoms with Gasteiger partial charge in [-0.2, -0.15) is 0 Å². The molecule has 2 N–H and O–H groups in total. The molecule has 0 atom stereocenters. The average Bonchev–Trinajstić information content (AvgIpc) is 2.76. The Bertz CT molecular complexity index is 976. The van der Waals surface area contributed by atoms with Crippen molar-refractivity contribution in [1.82, 2.24) is 10.9 Å². The molecule has 9 heteroatoms. The molecule has 2 aromatic rings. The number of nitrogens with zero attached hydrogens (tertiary/aromatic N) is 2. The maximum Gasteiger partial charge on any atom is 0.293 e. The SMILES string of the molecule is CC(C)(C)c1ccc(C(=O)NNC(=O)c2ccc(N3CCOCC3)c([N+](=O)[O-])c2)cc1. The minimum absolute atomic E-state index is 0.0364. The lowest BCUT2D eigenvalue weighted by atomic mass is 9.87. The summed E-state index contributed by atoms with van der Waals surface area (Å²) in [6.07, 6.45) is 0. The van der Waals surface area contributed by atoms with Crippen molar-refractivity contribution in [2.45, 2.75) is 26.2 Å². The van der Waals surface area contributed by atoms with Gasteiger partial charge in [0.1, 0.15) is 5.69 Å². The Balaban J connectivity index is 1.68. The van der Waals surface area contributed by atoms with Crippen LogP contribution in [0.3, 0.4) is 0 Å². The van der Waals surface area contributed by atoms with E-state index in [9.17, 15) is 19.7 Å². The summed E-state index contributed by atoms with van der Waals surface area (Å²) in [6.45, 7) is 8.28. The first-order valence-electron chi connectivity index (χ1n) is 9.99. The molecule has 31 heavy (non-hydrogen) atoms. The maximum atomic E-state index is 12.4. The van der Waals surface area contributed by atoms with Crippen LogP contribution in [0.1, 0.15) is 47.1 Å². The van der Waals surface area contributed by atoms with E-state index < -0.39 is 16.7 Å². The third kappa shape index (κ3) is 5.37. The van der Waals surface area contributed by atoms with Gasteiger partial charge in [-0.1, -0.05) is 32.9 Å². The zero-order valence-corrected chi connectivity index (χ0v) is 17.8. The maximum absolute atomic E-state index is 12.4. The lowest BCUT2D eigenvalue weighted by molar-refractivity contribution is -0.384. The number of hydrogen-bond donors (Lipinski definition) is 2. The highest BCUT2D eigenvalue weighted by Crippen LogP contribution is 2.30. The van der Waals surface area contributed by atoms with E-state index in [2.05, 4.69) is 31.6 Å². The van der Waals surface area contributed by atoms with Crippen molar-refractivity contribution in [3.05, 3.63) is 69.3 Å². The number of anilines is 1. The molecule has 1 aliphatic rings. The number of rotatable bonds is 4. The van der Waals surface area contributed by atoms with Crippen LogP contribution in [0.4, 0.5) is 11.4 Å². The van der Waals surface area contributed by atoms with E-state index in [4.69, 9.17) is 4.74 Å². The Labute approximate surface area is 180 Å². The molecule has 164 valence electrons. The van der Waals surface area contributed by atoms with E-state index in [1.54, 1.807) is 18.2 Å². The highest BCUT2D eigenvalue weighted by molar-refractivity contribution is 5.99. The molecule has 0 aromatic heterocycles. The molecule has 0 radical (unpaired) electrons. The number of ether oxygens (including phenoxy) is 1. The Morgan fingerprint density at radius 3 is 2.06 bits per heavy atom. The number of carbonyl (C=O) groups excluding carboxylic acids is 2. The molecule has 0 aliphatic carbocycles. The van der Waals surface area contributed by atoms with Gasteiger partial charge in [0, 0.05) is 30.3 Å². The van der Waals surface area contributed by atoms with Crippen LogP contribution in [0.2, 0.25) is 0 Å². The van der Waals surface area contributed by atoms with Gasteiger partial charge in [0.2, 0.25) is 0 Å². The van der Waals surface area contributed by atoms with E-state index in [0.717, 1.165) is 5.56 Å². The Kier molecular flexibility index (Phi) is 6.55. The van der Waals surface area contributed by atoms with Crippen molar-refractivity contribution in [3.63, 3.8) is 0 Å². The highest BCUT2D eigenvalue weighted by atomic mass is 16.6. The van der Waals surface area contributed by atoms with Gasteiger partial charge < -0.3 is 9.64 Å². The minimum Gasteiger partial charge on any atom is -0.378 e. The zero-order chi connectivity index (χ0) is 22.6. The van der Waals surface area contributed by atoms with E-state index >= 15 is 0 Å². The van der Waals surface area contributed by atoms with Gasteiger partial charge in [0.05, 0.1) is 18.1 Å². The van der Waals surface area contributed by atoms with Gasteiger partial charge in [-0.25, -0.2) is 0 Å². The number of hydrazine groups is 1. The average molecular weight is 426 g/mol. The second-order valence-electron chi connectivity index (χ2n) is 8.30. The van der Waals surface area contributed by atoms with Gasteiger partial charge in [-0.05, 0) is 35.2 Å². The lowest BCUT2D eigenvalue weighted by Crippen LogP contribution is -2.41. The Morgan fingerprint density at radius 2 is 1.52 bits per heavy atom. The van der Waals surface area contributed by atoms with Crippen LogP contribution in [0.15, 0.2) is 42.5 Å². The summed E-state index contributed by atoms with van der Waals surface area (Å²) in [4.78, 5) is 37.6. The van der Waals surface area contributed by atoms with Crippen molar-refractivity contribution in [3.8, 4) is 0 Å². The standard InChI is InChI=1S/C22H26N4O5/c1-22(2,3)17-7-4-15(5-8-17)20(27)23-24-21(28)16-6-9-18(19(14-16)26(29)30)25-10-12-31-13-11-25/h4-9,14H,10-13H2,1-3H3,(H,23,27)(H,24,28). The van der Waals surface area contributed by atoms with Gasteiger partial charge in [0.15, 0.2) is 0 Å². The smallest absolute Gasteiger partial charge is 0.293 e. The van der Waals surface area contributed by atoms with Gasteiger partial charge >= 0.3 is 0 Å². The lowest BCUT2D eigenvalue weighted by Gasteiger charge is -2.28. The zero-order valence-electron chi connectivity index (χ0n) is 17.8. The fraction of sp³-hybridized carbons (Fsp3) is 0.364. The molecule has 3 rings (SSSR count). The predicted octanol–water partition coefficient (Wildman–Crippen LogP) is 2.80. The molecule has 0 unspecified atom stereocenters. The second kappa shape index (κ2) is 9.13. The topological polar surface area (TPSA) is 114 Å². The number of benzene rings is 2. The fourth-order valence-electron chi connectivity index (χ4n) is 3.26. The minimum atomic E-state index is -0.642. The molecule has 0 bridgehead atoms. The number of carbonyl (C=O) groups is 2. The van der Waals surface area contributed by atoms with Crippen LogP contribution in [-0.2, 0) is 10.2 Å². The number of nitrogens with one attached hydrogen (secondary N) is 2. The van der Waals surface area contributed by atoms with Crippen LogP contribution in [0.5, 0.6) is 0 Å². The first-order valence-corrected chi connectivity index (χ1v) is 9.99. The first-order chi connectivity index (χ1) is 14.7. The quantitative estimate of drug-likeness (QED) is 0.574. The molecular formula is C22H26N4O5. The monoisotopic (exact) mass is 426 g/mol. The number of nitro benzene ring substituents is 1. The predicted molar refractivity (Wildman–Crippen MR) is 116 cm³/mol. The summed E-state index contributed by atoms with van der Waals surface area (Å²) < 4.78 is 5.28. The molecule has 9 nitrogen and oxygen atoms in total. The van der Waals surface area contributed by atoms with Gasteiger partial charge in [-0.3, -0.25) is 30.6 Å². The summed E-state index contributed by atoms with van der Waals surface area (Å²) in [5, 5.41) is 11.5. The van der Waals surface area contributed by atoms with E-state index in [0.29, 0.717) is 37.6 Å². The van der Waals surface area contributed by atoms with Crippen LogP contribution < -0.4 is 15.8 Å². The van der Waals surface area contributed by atoms with Crippen LogP contribution >= 0.6 is 0 Å². The van der Waals surface area contributed by atoms with E-state index in [1.807, 2.05) is 17.0 Å². The molecule has 2 aromatic carbocycles. The molecule has 1 heterocycles. The molecule has 2 amide bonds. The number of amides is 2. The van der Waals surface area contributed by atoms with Crippen molar-refractivity contribution in [2.75, 3.05) is 31.2 Å². The number of morpholine rings is 1. The van der Waals surface area contributed by atoms with Gasteiger partial charge in [0.25, 0.3) is 17.5 Å². The molecule has 0 saturated carbocycles. The largest absolute Gasteiger partial charge is 0.378 e. The highest BCUT2D eigenvalue weighted by Gasteiger charge is 2.23. The van der Waals surface area contributed by atoms with Crippen molar-refractivity contribution >= 4 is 23.2 Å². The Morgan fingerprint density at radius 1 is 0.968 bits per heavy atom. The van der Waals surface area contributed by atoms with Crippen LogP contribution in [-0.4, -0.2) is 43.0 Å². The number of nitro groups is 1. The van der Waals surface area contributed by atoms with Crippen LogP contribution in [0, 0.1) is 10.1 Å². The molecular weight excluding hydrogens is 400 g/mol. The molecule has 1 aliphatic heterocycles. The van der Waals surface area contributed by atoms with Gasteiger partial charge in [-0.15, -0.1) is 0 Å². The van der Waals surface area contributed by atoms with Crippen molar-refractivity contribution in [1.29, 1.82) is 0 Å². The fourth-order valence-corrected chi connectivity index (χ4v) is 3.26. The summed E-state index contributed by atoms with van der Waals surface area (Å²) in [7, 11) is 0. The summed E-state index contributed by atoms with van der Waals surface area (Å²) in [6, 6.07) is 11.4. The summed E-state index contributed by atoms with van der Waals surface area (Å²) in [5.41, 5.74) is 6.44. The number of hydrogen-bond acceptors (Lipinski definition) is 6. The first kappa shape index (κ1) is 22.2. The molecule has 0 spiro atoms. The third-order valence-corrected chi connectivity index (χ3v) is 5.09. The summed E-state index contributed by atoms with van der Waals surface area (Å²) >= 11 is 0. The van der Waals surface area contributed by atoms with E-state index in [1.165, 1.54) is 12.1 Å². The van der Waals surface area contributed by atoms with Crippen molar-refractivity contribution < 1.29 is 19.2 Å². The third-order valence-electron chi connectivity index (χ3n) is 5.09. The van der Waals surface area contributed by atoms with E-state index in [-0.39, 0.29) is 16.7 Å². The summed E-state index contributed by atoms with van der Waals surface area (Å²) in [5.74, 6) is -1.12. The van der Waals surface area contributed by atoms with Crippen molar-refractivity contribution in [2.24, 2.45) is 0 Å². The van der Waals surface area contributed by atoms with Crippen LogP contribution in [0.25, 0.3) is 0 Å². The molecule has 1 fully saturated rings.